The second-order valence-corrected chi connectivity index (χ2v) is 5.70. The van der Waals surface area contributed by atoms with Gasteiger partial charge in [0.2, 0.25) is 5.91 Å². The molecule has 1 saturated carbocycles. The van der Waals surface area contributed by atoms with Crippen molar-refractivity contribution in [3.8, 4) is 0 Å². The third-order valence-electron chi connectivity index (χ3n) is 3.84. The lowest BCUT2D eigenvalue weighted by Crippen LogP contribution is -2.39. The number of aliphatic hydroxyl groups is 1. The molecule has 1 unspecified atom stereocenters. The summed E-state index contributed by atoms with van der Waals surface area (Å²) in [7, 11) is 0. The lowest BCUT2D eigenvalue weighted by atomic mass is 9.82. The van der Waals surface area contributed by atoms with Gasteiger partial charge in [0.25, 0.3) is 0 Å². The molecule has 1 atom stereocenters. The summed E-state index contributed by atoms with van der Waals surface area (Å²) < 4.78 is 5.48. The molecule has 0 bridgehead atoms. The highest BCUT2D eigenvalue weighted by atomic mass is 16.3. The van der Waals surface area contributed by atoms with Gasteiger partial charge in [-0.2, -0.15) is 0 Å². The summed E-state index contributed by atoms with van der Waals surface area (Å²) in [5.41, 5.74) is -0.804. The van der Waals surface area contributed by atoms with E-state index in [9.17, 15) is 9.90 Å². The Morgan fingerprint density at radius 1 is 1.42 bits per heavy atom. The van der Waals surface area contributed by atoms with Crippen LogP contribution in [0.15, 0.2) is 16.5 Å². The zero-order valence-electron chi connectivity index (χ0n) is 11.7. The summed E-state index contributed by atoms with van der Waals surface area (Å²) in [6.45, 7) is 3.77. The summed E-state index contributed by atoms with van der Waals surface area (Å²) in [6, 6.07) is 3.59. The van der Waals surface area contributed by atoms with Crippen molar-refractivity contribution in [1.82, 2.24) is 5.32 Å². The van der Waals surface area contributed by atoms with Crippen LogP contribution in [0.5, 0.6) is 0 Å². The average Bonchev–Trinajstić information content (AvgIpc) is 2.76. The number of hydrogen-bond donors (Lipinski definition) is 2. The largest absolute Gasteiger partial charge is 0.464 e. The average molecular weight is 265 g/mol. The number of carbonyl (C=O) groups is 1. The van der Waals surface area contributed by atoms with Crippen LogP contribution < -0.4 is 5.32 Å². The van der Waals surface area contributed by atoms with Gasteiger partial charge in [0.05, 0.1) is 18.1 Å². The fourth-order valence-corrected chi connectivity index (χ4v) is 2.74. The summed E-state index contributed by atoms with van der Waals surface area (Å²) in [4.78, 5) is 12.0. The fraction of sp³-hybridized carbons (Fsp3) is 0.667. The lowest BCUT2D eigenvalue weighted by Gasteiger charge is -2.31. The molecule has 1 heterocycles. The van der Waals surface area contributed by atoms with Crippen molar-refractivity contribution < 1.29 is 14.3 Å². The van der Waals surface area contributed by atoms with Crippen LogP contribution in [-0.2, 0) is 4.79 Å². The van der Waals surface area contributed by atoms with Crippen molar-refractivity contribution in [2.45, 2.75) is 64.0 Å². The number of amides is 1. The van der Waals surface area contributed by atoms with Crippen molar-refractivity contribution in [2.24, 2.45) is 0 Å². The molecule has 1 aromatic rings. The number of carbonyl (C=O) groups excluding carboxylic acids is 1. The van der Waals surface area contributed by atoms with Crippen molar-refractivity contribution in [2.75, 3.05) is 0 Å². The topological polar surface area (TPSA) is 62.5 Å². The van der Waals surface area contributed by atoms with E-state index in [-0.39, 0.29) is 18.4 Å². The van der Waals surface area contributed by atoms with Gasteiger partial charge < -0.3 is 14.8 Å². The Bertz CT molecular complexity index is 432. The molecule has 19 heavy (non-hydrogen) atoms. The second-order valence-electron chi connectivity index (χ2n) is 5.70. The zero-order chi connectivity index (χ0) is 13.9. The molecule has 0 spiro atoms. The van der Waals surface area contributed by atoms with Gasteiger partial charge in [-0.15, -0.1) is 0 Å². The van der Waals surface area contributed by atoms with E-state index in [1.54, 1.807) is 0 Å². The highest BCUT2D eigenvalue weighted by molar-refractivity contribution is 5.77. The minimum absolute atomic E-state index is 0.106. The van der Waals surface area contributed by atoms with E-state index in [1.165, 1.54) is 0 Å². The van der Waals surface area contributed by atoms with E-state index < -0.39 is 5.60 Å². The van der Waals surface area contributed by atoms with Crippen molar-refractivity contribution in [3.63, 3.8) is 0 Å². The molecule has 2 N–H and O–H groups in total. The SMILES string of the molecule is Cc1ccc(C(C)NC(=O)CC2(O)CCCCC2)o1. The molecule has 106 valence electrons. The number of hydrogen-bond acceptors (Lipinski definition) is 3. The first kappa shape index (κ1) is 14.1. The van der Waals surface area contributed by atoms with E-state index in [4.69, 9.17) is 4.42 Å². The maximum atomic E-state index is 12.0. The predicted molar refractivity (Wildman–Crippen MR) is 72.7 cm³/mol. The first-order chi connectivity index (χ1) is 8.98. The Morgan fingerprint density at radius 2 is 2.11 bits per heavy atom. The Labute approximate surface area is 114 Å². The van der Waals surface area contributed by atoms with Crippen LogP contribution in [0.1, 0.15) is 63.0 Å². The standard InChI is InChI=1S/C15H23NO3/c1-11-6-7-13(19-11)12(2)16-14(17)10-15(18)8-4-3-5-9-15/h6-7,12,18H,3-5,8-10H2,1-2H3,(H,16,17). The molecule has 1 aromatic heterocycles. The normalized spacial score (nSPS) is 19.9. The number of furan rings is 1. The van der Waals surface area contributed by atoms with Crippen LogP contribution in [0.4, 0.5) is 0 Å². The monoisotopic (exact) mass is 265 g/mol. The summed E-state index contributed by atoms with van der Waals surface area (Å²) in [6.07, 6.45) is 4.83. The van der Waals surface area contributed by atoms with E-state index in [1.807, 2.05) is 26.0 Å². The van der Waals surface area contributed by atoms with Crippen LogP contribution in [0.2, 0.25) is 0 Å². The minimum atomic E-state index is -0.804. The third-order valence-corrected chi connectivity index (χ3v) is 3.84. The molecule has 4 nitrogen and oxygen atoms in total. The van der Waals surface area contributed by atoms with Crippen LogP contribution in [0.3, 0.4) is 0 Å². The molecule has 1 aliphatic carbocycles. The number of aryl methyl sites for hydroxylation is 1. The Kier molecular flexibility index (Phi) is 4.30. The van der Waals surface area contributed by atoms with Crippen LogP contribution in [-0.4, -0.2) is 16.6 Å². The minimum Gasteiger partial charge on any atom is -0.464 e. The van der Waals surface area contributed by atoms with Crippen molar-refractivity contribution in [3.05, 3.63) is 23.7 Å². The van der Waals surface area contributed by atoms with Gasteiger partial charge in [0.1, 0.15) is 11.5 Å². The maximum absolute atomic E-state index is 12.0. The molecule has 4 heteroatoms. The van der Waals surface area contributed by atoms with Crippen molar-refractivity contribution >= 4 is 5.91 Å². The van der Waals surface area contributed by atoms with Gasteiger partial charge >= 0.3 is 0 Å². The van der Waals surface area contributed by atoms with E-state index in [0.29, 0.717) is 0 Å². The van der Waals surface area contributed by atoms with Gasteiger partial charge in [-0.3, -0.25) is 4.79 Å². The molecular weight excluding hydrogens is 242 g/mol. The molecular formula is C15H23NO3. The van der Waals surface area contributed by atoms with Gasteiger partial charge in [-0.25, -0.2) is 0 Å². The third kappa shape index (κ3) is 3.83. The molecule has 2 rings (SSSR count). The van der Waals surface area contributed by atoms with Gasteiger partial charge in [0, 0.05) is 0 Å². The highest BCUT2D eigenvalue weighted by Crippen LogP contribution is 2.31. The Balaban J connectivity index is 1.87. The molecule has 0 radical (unpaired) electrons. The first-order valence-electron chi connectivity index (χ1n) is 7.07. The van der Waals surface area contributed by atoms with E-state index >= 15 is 0 Å². The van der Waals surface area contributed by atoms with Crippen molar-refractivity contribution in [1.29, 1.82) is 0 Å². The zero-order valence-corrected chi connectivity index (χ0v) is 11.7. The van der Waals surface area contributed by atoms with Gasteiger partial charge in [-0.05, 0) is 38.8 Å². The Morgan fingerprint density at radius 3 is 2.68 bits per heavy atom. The smallest absolute Gasteiger partial charge is 0.223 e. The van der Waals surface area contributed by atoms with Crippen LogP contribution in [0, 0.1) is 6.92 Å². The molecule has 1 fully saturated rings. The molecule has 0 saturated heterocycles. The molecule has 1 aliphatic rings. The second kappa shape index (κ2) is 5.78. The first-order valence-corrected chi connectivity index (χ1v) is 7.07. The van der Waals surface area contributed by atoms with E-state index in [0.717, 1.165) is 43.6 Å². The molecule has 0 aromatic carbocycles. The summed E-state index contributed by atoms with van der Waals surface area (Å²) in [5.74, 6) is 1.48. The van der Waals surface area contributed by atoms with Crippen LogP contribution >= 0.6 is 0 Å². The van der Waals surface area contributed by atoms with Gasteiger partial charge in [0.15, 0.2) is 0 Å². The quantitative estimate of drug-likeness (QED) is 0.880. The fourth-order valence-electron chi connectivity index (χ4n) is 2.74. The predicted octanol–water partition coefficient (Wildman–Crippen LogP) is 2.85. The number of nitrogens with one attached hydrogen (secondary N) is 1. The van der Waals surface area contributed by atoms with Gasteiger partial charge in [-0.1, -0.05) is 19.3 Å². The highest BCUT2D eigenvalue weighted by Gasteiger charge is 2.32. The lowest BCUT2D eigenvalue weighted by molar-refractivity contribution is -0.128. The van der Waals surface area contributed by atoms with E-state index in [2.05, 4.69) is 5.32 Å². The summed E-state index contributed by atoms with van der Waals surface area (Å²) >= 11 is 0. The van der Waals surface area contributed by atoms with Crippen LogP contribution in [0.25, 0.3) is 0 Å². The maximum Gasteiger partial charge on any atom is 0.223 e. The number of rotatable bonds is 4. The molecule has 1 amide bonds. The molecule has 0 aliphatic heterocycles. The Hall–Kier alpha value is -1.29. The summed E-state index contributed by atoms with van der Waals surface area (Å²) in [5, 5.41) is 13.2.